The number of unbranched alkanes of at least 4 members (excludes halogenated alkanes) is 1. The number of amides is 4. The van der Waals surface area contributed by atoms with E-state index in [1.165, 1.54) is 0 Å². The molecule has 2 unspecified atom stereocenters. The van der Waals surface area contributed by atoms with Crippen LogP contribution in [0.15, 0.2) is 24.3 Å². The zero-order chi connectivity index (χ0) is 32.9. The van der Waals surface area contributed by atoms with Gasteiger partial charge in [0.15, 0.2) is 0 Å². The van der Waals surface area contributed by atoms with Crippen LogP contribution in [-0.4, -0.2) is 68.0 Å². The van der Waals surface area contributed by atoms with Gasteiger partial charge in [-0.3, -0.25) is 24.0 Å². The summed E-state index contributed by atoms with van der Waals surface area (Å²) in [4.78, 5) is 72.7. The highest BCUT2D eigenvalue weighted by Crippen LogP contribution is 2.23. The van der Waals surface area contributed by atoms with Gasteiger partial charge in [0.2, 0.25) is 11.8 Å². The van der Waals surface area contributed by atoms with Crippen molar-refractivity contribution in [2.45, 2.75) is 97.3 Å². The van der Waals surface area contributed by atoms with Crippen molar-refractivity contribution in [3.05, 3.63) is 29.8 Å². The van der Waals surface area contributed by atoms with Gasteiger partial charge in [0.25, 0.3) is 0 Å². The SMILES string of the molecule is CCCC(CCCCNC(=O)NCCCOCCNC(=O)CC(=O)Nc1ccc(CC(=O)C2CCCCC2=O)cc1)C(=O)CC. The van der Waals surface area contributed by atoms with E-state index in [4.69, 9.17) is 4.74 Å². The number of ketones is 3. The predicted molar refractivity (Wildman–Crippen MR) is 173 cm³/mol. The molecule has 45 heavy (non-hydrogen) atoms. The molecule has 0 aromatic heterocycles. The molecule has 11 heteroatoms. The molecule has 11 nitrogen and oxygen atoms in total. The van der Waals surface area contributed by atoms with Crippen LogP contribution in [0.5, 0.6) is 0 Å². The Labute approximate surface area is 267 Å². The van der Waals surface area contributed by atoms with E-state index < -0.39 is 17.7 Å². The third kappa shape index (κ3) is 15.8. The summed E-state index contributed by atoms with van der Waals surface area (Å²) < 4.78 is 5.48. The van der Waals surface area contributed by atoms with E-state index in [1.54, 1.807) is 24.3 Å². The second-order valence-corrected chi connectivity index (χ2v) is 11.6. The summed E-state index contributed by atoms with van der Waals surface area (Å²) in [5.74, 6) is -0.924. The number of rotatable bonds is 22. The largest absolute Gasteiger partial charge is 0.380 e. The molecule has 4 N–H and O–H groups in total. The lowest BCUT2D eigenvalue weighted by Crippen LogP contribution is -2.37. The van der Waals surface area contributed by atoms with Crippen molar-refractivity contribution >= 4 is 40.9 Å². The van der Waals surface area contributed by atoms with Gasteiger partial charge in [-0.25, -0.2) is 4.79 Å². The molecule has 1 aliphatic rings. The summed E-state index contributed by atoms with van der Waals surface area (Å²) in [5.41, 5.74) is 1.29. The van der Waals surface area contributed by atoms with E-state index in [0.29, 0.717) is 56.9 Å². The molecule has 0 bridgehead atoms. The topological polar surface area (TPSA) is 160 Å². The Morgan fingerprint density at radius 1 is 0.844 bits per heavy atom. The number of Topliss-reactive ketones (excluding diaryl/α,β-unsaturated/α-hetero) is 3. The van der Waals surface area contributed by atoms with Gasteiger partial charge >= 0.3 is 6.03 Å². The van der Waals surface area contributed by atoms with Gasteiger partial charge in [-0.15, -0.1) is 0 Å². The van der Waals surface area contributed by atoms with Crippen LogP contribution in [0.2, 0.25) is 0 Å². The second-order valence-electron chi connectivity index (χ2n) is 11.6. The quantitative estimate of drug-likeness (QED) is 0.110. The van der Waals surface area contributed by atoms with E-state index in [1.807, 2.05) is 6.92 Å². The molecule has 250 valence electrons. The first-order valence-electron chi connectivity index (χ1n) is 16.6. The number of anilines is 1. The van der Waals surface area contributed by atoms with Gasteiger partial charge in [0.05, 0.1) is 12.5 Å². The normalized spacial score (nSPS) is 15.2. The summed E-state index contributed by atoms with van der Waals surface area (Å²) in [7, 11) is 0. The minimum atomic E-state index is -0.493. The number of benzene rings is 1. The van der Waals surface area contributed by atoms with Crippen LogP contribution in [0.25, 0.3) is 0 Å². The maximum atomic E-state index is 12.5. The third-order valence-electron chi connectivity index (χ3n) is 7.91. The fraction of sp³-hybridized carbons (Fsp3) is 0.647. The van der Waals surface area contributed by atoms with Crippen LogP contribution in [0.1, 0.15) is 96.5 Å². The molecule has 0 saturated heterocycles. The first-order valence-corrected chi connectivity index (χ1v) is 16.6. The van der Waals surface area contributed by atoms with Gasteiger partial charge in [-0.05, 0) is 56.2 Å². The Hall–Kier alpha value is -3.60. The Balaban J connectivity index is 1.47. The summed E-state index contributed by atoms with van der Waals surface area (Å²) in [5, 5.41) is 10.9. The van der Waals surface area contributed by atoms with Crippen molar-refractivity contribution in [1.29, 1.82) is 0 Å². The number of carbonyl (C=O) groups is 6. The average Bonchev–Trinajstić information content (AvgIpc) is 3.02. The number of hydrogen-bond acceptors (Lipinski definition) is 7. The monoisotopic (exact) mass is 628 g/mol. The van der Waals surface area contributed by atoms with Crippen LogP contribution in [0, 0.1) is 11.8 Å². The lowest BCUT2D eigenvalue weighted by atomic mass is 9.83. The predicted octanol–water partition coefficient (Wildman–Crippen LogP) is 4.27. The van der Waals surface area contributed by atoms with Gasteiger partial charge in [0, 0.05) is 57.1 Å². The van der Waals surface area contributed by atoms with Crippen molar-refractivity contribution in [3.8, 4) is 0 Å². The highest BCUT2D eigenvalue weighted by atomic mass is 16.5. The van der Waals surface area contributed by atoms with Gasteiger partial charge in [0.1, 0.15) is 23.8 Å². The van der Waals surface area contributed by atoms with Gasteiger partial charge < -0.3 is 26.0 Å². The molecule has 0 radical (unpaired) electrons. The number of nitrogens with one attached hydrogen (secondary N) is 4. The molecule has 2 atom stereocenters. The van der Waals surface area contributed by atoms with Crippen LogP contribution in [0.3, 0.4) is 0 Å². The fourth-order valence-corrected chi connectivity index (χ4v) is 5.39. The van der Waals surface area contributed by atoms with Gasteiger partial charge in [-0.1, -0.05) is 45.2 Å². The number of urea groups is 1. The molecule has 1 aromatic rings. The van der Waals surface area contributed by atoms with Crippen LogP contribution < -0.4 is 21.3 Å². The fourth-order valence-electron chi connectivity index (χ4n) is 5.39. The van der Waals surface area contributed by atoms with Crippen molar-refractivity contribution in [2.24, 2.45) is 11.8 Å². The minimum Gasteiger partial charge on any atom is -0.380 e. The lowest BCUT2D eigenvalue weighted by molar-refractivity contribution is -0.134. The van der Waals surface area contributed by atoms with Crippen LogP contribution in [-0.2, 0) is 35.1 Å². The van der Waals surface area contributed by atoms with Crippen molar-refractivity contribution in [2.75, 3.05) is 38.2 Å². The molecule has 1 saturated carbocycles. The summed E-state index contributed by atoms with van der Waals surface area (Å²) in [6.07, 6.45) is 8.48. The first-order chi connectivity index (χ1) is 21.7. The molecule has 1 fully saturated rings. The standard InChI is InChI=1S/C34H52N4O7/c1-3-10-26(29(39)4-2)11-7-8-18-36-34(44)37-19-9-21-45-22-20-35-32(42)24-33(43)38-27-16-14-25(15-17-27)23-31(41)28-12-5-6-13-30(28)40/h14-17,26,28H,3-13,18-24H2,1-2H3,(H,35,42)(H,38,43)(H2,36,37,44). The van der Waals surface area contributed by atoms with Gasteiger partial charge in [-0.2, -0.15) is 0 Å². The van der Waals surface area contributed by atoms with Crippen molar-refractivity contribution in [1.82, 2.24) is 16.0 Å². The Kier molecular flexibility index (Phi) is 18.4. The lowest BCUT2D eigenvalue weighted by Gasteiger charge is -2.19. The average molecular weight is 629 g/mol. The van der Waals surface area contributed by atoms with E-state index in [9.17, 15) is 28.8 Å². The second kappa shape index (κ2) is 22.0. The molecule has 0 aliphatic heterocycles. The zero-order valence-corrected chi connectivity index (χ0v) is 27.0. The van der Waals surface area contributed by atoms with E-state index >= 15 is 0 Å². The Morgan fingerprint density at radius 3 is 2.27 bits per heavy atom. The number of carbonyl (C=O) groups excluding carboxylic acids is 6. The van der Waals surface area contributed by atoms with Crippen LogP contribution >= 0.6 is 0 Å². The molecular formula is C34H52N4O7. The number of hydrogen-bond donors (Lipinski definition) is 4. The highest BCUT2D eigenvalue weighted by Gasteiger charge is 2.28. The smallest absolute Gasteiger partial charge is 0.314 e. The molecular weight excluding hydrogens is 576 g/mol. The van der Waals surface area contributed by atoms with E-state index in [-0.39, 0.29) is 49.5 Å². The van der Waals surface area contributed by atoms with E-state index in [2.05, 4.69) is 28.2 Å². The maximum Gasteiger partial charge on any atom is 0.314 e. The van der Waals surface area contributed by atoms with Crippen molar-refractivity contribution < 1.29 is 33.5 Å². The molecule has 0 heterocycles. The molecule has 1 aliphatic carbocycles. The summed E-state index contributed by atoms with van der Waals surface area (Å²) >= 11 is 0. The minimum absolute atomic E-state index is 0.0375. The molecule has 0 spiro atoms. The maximum absolute atomic E-state index is 12.5. The first kappa shape index (κ1) is 37.6. The molecule has 1 aromatic carbocycles. The number of ether oxygens (including phenoxy) is 1. The zero-order valence-electron chi connectivity index (χ0n) is 27.0. The molecule has 4 amide bonds. The highest BCUT2D eigenvalue weighted by molar-refractivity contribution is 6.04. The van der Waals surface area contributed by atoms with Crippen LogP contribution in [0.4, 0.5) is 10.5 Å². The van der Waals surface area contributed by atoms with Crippen molar-refractivity contribution in [3.63, 3.8) is 0 Å². The Morgan fingerprint density at radius 2 is 1.58 bits per heavy atom. The molecule has 2 rings (SSSR count). The van der Waals surface area contributed by atoms with E-state index in [0.717, 1.165) is 50.5 Å². The Bertz CT molecular complexity index is 1110. The third-order valence-corrected chi connectivity index (χ3v) is 7.91. The summed E-state index contributed by atoms with van der Waals surface area (Å²) in [6, 6.07) is 6.60. The summed E-state index contributed by atoms with van der Waals surface area (Å²) in [6.45, 7) is 5.98.